The van der Waals surface area contributed by atoms with Gasteiger partial charge in [0.05, 0.1) is 5.41 Å². The lowest BCUT2D eigenvalue weighted by molar-refractivity contribution is -0.150. The summed E-state index contributed by atoms with van der Waals surface area (Å²) in [6, 6.07) is 7.45. The quantitative estimate of drug-likeness (QED) is 0.869. The summed E-state index contributed by atoms with van der Waals surface area (Å²) in [7, 11) is 0. The van der Waals surface area contributed by atoms with Crippen molar-refractivity contribution in [3.63, 3.8) is 0 Å². The maximum absolute atomic E-state index is 11.5. The molecule has 1 aliphatic heterocycles. The van der Waals surface area contributed by atoms with Gasteiger partial charge in [-0.3, -0.25) is 4.79 Å². The van der Waals surface area contributed by atoms with E-state index in [9.17, 15) is 9.90 Å². The molecular weight excluding hydrogens is 238 g/mol. The third kappa shape index (κ3) is 2.79. The third-order valence-corrected chi connectivity index (χ3v) is 3.72. The molecular formula is C13H16ClNO2. The van der Waals surface area contributed by atoms with Gasteiger partial charge in [0.25, 0.3) is 0 Å². The number of hydrogen-bond acceptors (Lipinski definition) is 2. The summed E-state index contributed by atoms with van der Waals surface area (Å²) in [4.78, 5) is 11.5. The topological polar surface area (TPSA) is 49.3 Å². The number of benzene rings is 1. The molecule has 0 saturated carbocycles. The van der Waals surface area contributed by atoms with Crippen LogP contribution in [-0.2, 0) is 11.2 Å². The first-order valence-corrected chi connectivity index (χ1v) is 6.19. The van der Waals surface area contributed by atoms with E-state index in [0.717, 1.165) is 18.7 Å². The van der Waals surface area contributed by atoms with Crippen LogP contribution in [0.4, 0.5) is 0 Å². The summed E-state index contributed by atoms with van der Waals surface area (Å²) in [5.74, 6) is -0.686. The molecule has 1 heterocycles. The van der Waals surface area contributed by atoms with E-state index in [4.69, 9.17) is 11.6 Å². The molecule has 1 aliphatic rings. The lowest BCUT2D eigenvalue weighted by Crippen LogP contribution is -2.43. The molecule has 0 radical (unpaired) electrons. The van der Waals surface area contributed by atoms with Crippen molar-refractivity contribution in [3.05, 3.63) is 34.9 Å². The molecule has 17 heavy (non-hydrogen) atoms. The van der Waals surface area contributed by atoms with Crippen molar-refractivity contribution in [2.75, 3.05) is 13.1 Å². The maximum atomic E-state index is 11.5. The van der Waals surface area contributed by atoms with E-state index >= 15 is 0 Å². The zero-order valence-electron chi connectivity index (χ0n) is 9.58. The Morgan fingerprint density at radius 2 is 1.88 bits per heavy atom. The zero-order valence-corrected chi connectivity index (χ0v) is 10.3. The second-order valence-electron chi connectivity index (χ2n) is 4.64. The number of piperidine rings is 1. The number of carboxylic acid groups (broad SMARTS) is 1. The van der Waals surface area contributed by atoms with Crippen LogP contribution in [0.1, 0.15) is 18.4 Å². The summed E-state index contributed by atoms with van der Waals surface area (Å²) in [5.41, 5.74) is 0.428. The first-order chi connectivity index (χ1) is 8.12. The molecule has 0 unspecified atom stereocenters. The molecule has 1 aromatic rings. The van der Waals surface area contributed by atoms with Crippen molar-refractivity contribution in [2.24, 2.45) is 5.41 Å². The first kappa shape index (κ1) is 12.4. The first-order valence-electron chi connectivity index (χ1n) is 5.81. The van der Waals surface area contributed by atoms with Gasteiger partial charge in [0, 0.05) is 5.02 Å². The Hall–Kier alpha value is -1.06. The molecule has 2 rings (SSSR count). The Morgan fingerprint density at radius 1 is 1.29 bits per heavy atom. The zero-order chi connectivity index (χ0) is 12.3. The molecule has 1 fully saturated rings. The minimum absolute atomic E-state index is 0.585. The molecule has 1 saturated heterocycles. The normalized spacial score (nSPS) is 18.9. The van der Waals surface area contributed by atoms with Crippen molar-refractivity contribution >= 4 is 17.6 Å². The van der Waals surface area contributed by atoms with Crippen LogP contribution in [0.25, 0.3) is 0 Å². The predicted octanol–water partition coefficient (Wildman–Crippen LogP) is 2.34. The van der Waals surface area contributed by atoms with Gasteiger partial charge in [0.15, 0.2) is 0 Å². The summed E-state index contributed by atoms with van der Waals surface area (Å²) in [5, 5.41) is 13.3. The van der Waals surface area contributed by atoms with Gasteiger partial charge in [0.1, 0.15) is 0 Å². The van der Waals surface area contributed by atoms with E-state index in [1.54, 1.807) is 0 Å². The molecule has 92 valence electrons. The molecule has 0 aliphatic carbocycles. The SMILES string of the molecule is O=C(O)C1(Cc2ccc(Cl)cc2)CCNCC1. The van der Waals surface area contributed by atoms with Gasteiger partial charge in [-0.05, 0) is 50.0 Å². The Balaban J connectivity index is 2.17. The van der Waals surface area contributed by atoms with Crippen LogP contribution in [0.2, 0.25) is 5.02 Å². The monoisotopic (exact) mass is 253 g/mol. The number of rotatable bonds is 3. The van der Waals surface area contributed by atoms with Crippen LogP contribution in [-0.4, -0.2) is 24.2 Å². The standard InChI is InChI=1S/C13H16ClNO2/c14-11-3-1-10(2-4-11)9-13(12(16)17)5-7-15-8-6-13/h1-4,15H,5-9H2,(H,16,17). The molecule has 2 N–H and O–H groups in total. The van der Waals surface area contributed by atoms with Crippen LogP contribution < -0.4 is 5.32 Å². The van der Waals surface area contributed by atoms with Crippen LogP contribution in [0.3, 0.4) is 0 Å². The molecule has 0 atom stereocenters. The van der Waals surface area contributed by atoms with Gasteiger partial charge in [-0.1, -0.05) is 23.7 Å². The van der Waals surface area contributed by atoms with Gasteiger partial charge >= 0.3 is 5.97 Å². The fraction of sp³-hybridized carbons (Fsp3) is 0.462. The second-order valence-corrected chi connectivity index (χ2v) is 5.08. The van der Waals surface area contributed by atoms with Gasteiger partial charge in [-0.15, -0.1) is 0 Å². The van der Waals surface area contributed by atoms with Gasteiger partial charge < -0.3 is 10.4 Å². The van der Waals surface area contributed by atoms with Crippen LogP contribution in [0.15, 0.2) is 24.3 Å². The van der Waals surface area contributed by atoms with Crippen LogP contribution >= 0.6 is 11.6 Å². The number of nitrogens with one attached hydrogen (secondary N) is 1. The van der Waals surface area contributed by atoms with Crippen molar-refractivity contribution in [1.29, 1.82) is 0 Å². The fourth-order valence-corrected chi connectivity index (χ4v) is 2.49. The van der Waals surface area contributed by atoms with Gasteiger partial charge in [-0.2, -0.15) is 0 Å². The Labute approximate surface area is 106 Å². The minimum atomic E-state index is -0.686. The average molecular weight is 254 g/mol. The largest absolute Gasteiger partial charge is 0.481 e. The predicted molar refractivity (Wildman–Crippen MR) is 67.3 cm³/mol. The van der Waals surface area contributed by atoms with Gasteiger partial charge in [-0.25, -0.2) is 0 Å². The van der Waals surface area contributed by atoms with Crippen molar-refractivity contribution in [3.8, 4) is 0 Å². The number of hydrogen-bond donors (Lipinski definition) is 2. The molecule has 0 amide bonds. The molecule has 4 heteroatoms. The van der Waals surface area contributed by atoms with E-state index in [0.29, 0.717) is 24.3 Å². The highest BCUT2D eigenvalue weighted by atomic mass is 35.5. The summed E-state index contributed by atoms with van der Waals surface area (Å²) >= 11 is 5.83. The molecule has 1 aromatic carbocycles. The van der Waals surface area contributed by atoms with Crippen LogP contribution in [0.5, 0.6) is 0 Å². The minimum Gasteiger partial charge on any atom is -0.481 e. The van der Waals surface area contributed by atoms with E-state index in [2.05, 4.69) is 5.32 Å². The maximum Gasteiger partial charge on any atom is 0.310 e. The summed E-state index contributed by atoms with van der Waals surface area (Å²) in [6.45, 7) is 1.56. The van der Waals surface area contributed by atoms with Crippen LogP contribution in [0, 0.1) is 5.41 Å². The number of aliphatic carboxylic acids is 1. The molecule has 0 aromatic heterocycles. The lowest BCUT2D eigenvalue weighted by atomic mass is 9.74. The van der Waals surface area contributed by atoms with E-state index in [1.165, 1.54) is 0 Å². The molecule has 0 bridgehead atoms. The summed E-state index contributed by atoms with van der Waals surface area (Å²) in [6.07, 6.45) is 1.96. The van der Waals surface area contributed by atoms with Crippen molar-refractivity contribution in [2.45, 2.75) is 19.3 Å². The highest BCUT2D eigenvalue weighted by Gasteiger charge is 2.39. The number of carboxylic acids is 1. The van der Waals surface area contributed by atoms with E-state index in [1.807, 2.05) is 24.3 Å². The van der Waals surface area contributed by atoms with Crippen molar-refractivity contribution in [1.82, 2.24) is 5.32 Å². The Kier molecular flexibility index (Phi) is 3.69. The molecule has 3 nitrogen and oxygen atoms in total. The van der Waals surface area contributed by atoms with E-state index in [-0.39, 0.29) is 0 Å². The highest BCUT2D eigenvalue weighted by molar-refractivity contribution is 6.30. The number of carbonyl (C=O) groups is 1. The molecule has 0 spiro atoms. The highest BCUT2D eigenvalue weighted by Crippen LogP contribution is 2.33. The smallest absolute Gasteiger partial charge is 0.310 e. The van der Waals surface area contributed by atoms with Crippen molar-refractivity contribution < 1.29 is 9.90 Å². The number of halogens is 1. The van der Waals surface area contributed by atoms with E-state index < -0.39 is 11.4 Å². The van der Waals surface area contributed by atoms with Gasteiger partial charge in [0.2, 0.25) is 0 Å². The fourth-order valence-electron chi connectivity index (χ4n) is 2.36. The average Bonchev–Trinajstić information content (AvgIpc) is 2.33. The summed E-state index contributed by atoms with van der Waals surface area (Å²) < 4.78 is 0. The third-order valence-electron chi connectivity index (χ3n) is 3.47. The Morgan fingerprint density at radius 3 is 2.41 bits per heavy atom. The lowest BCUT2D eigenvalue weighted by Gasteiger charge is -2.33. The Bertz CT molecular complexity index is 396. The second kappa shape index (κ2) is 5.07.